The number of nitrogens with one attached hydrogen (secondary N) is 1. The van der Waals surface area contributed by atoms with Crippen molar-refractivity contribution >= 4 is 22.9 Å². The molecule has 0 saturated carbocycles. The van der Waals surface area contributed by atoms with Crippen LogP contribution >= 0.6 is 0 Å². The van der Waals surface area contributed by atoms with Gasteiger partial charge in [-0.3, -0.25) is 9.59 Å². The van der Waals surface area contributed by atoms with Crippen LogP contribution in [0.25, 0.3) is 0 Å². The van der Waals surface area contributed by atoms with E-state index >= 15 is 0 Å². The van der Waals surface area contributed by atoms with Crippen LogP contribution in [0.1, 0.15) is 117 Å². The lowest BCUT2D eigenvalue weighted by Crippen LogP contribution is -2.26. The molecule has 58 heavy (non-hydrogen) atoms. The van der Waals surface area contributed by atoms with Gasteiger partial charge in [-0.05, 0) is 55.4 Å². The van der Waals surface area contributed by atoms with Crippen molar-refractivity contribution in [2.75, 3.05) is 50.7 Å². The lowest BCUT2D eigenvalue weighted by Gasteiger charge is -2.27. The van der Waals surface area contributed by atoms with Crippen LogP contribution in [0.15, 0.2) is 84.4 Å². The quantitative estimate of drug-likeness (QED) is 0.0586. The molecule has 10 nitrogen and oxygen atoms in total. The molecule has 3 N–H and O–H groups in total. The van der Waals surface area contributed by atoms with Crippen molar-refractivity contribution in [2.24, 2.45) is 11.8 Å². The highest BCUT2D eigenvalue weighted by Gasteiger charge is 2.39. The Bertz CT molecular complexity index is 1980. The van der Waals surface area contributed by atoms with Crippen molar-refractivity contribution in [1.29, 1.82) is 0 Å². The molecule has 3 aliphatic rings. The number of ether oxygens (including phenoxy) is 6. The summed E-state index contributed by atoms with van der Waals surface area (Å²) in [6.45, 7) is 11.9. The van der Waals surface area contributed by atoms with Crippen LogP contribution < -0.4 is 25.3 Å². The van der Waals surface area contributed by atoms with Gasteiger partial charge in [0.25, 0.3) is 0 Å². The molecule has 2 aliphatic carbocycles. The summed E-state index contributed by atoms with van der Waals surface area (Å²) in [4.78, 5) is 28.4. The fourth-order valence-electron chi connectivity index (χ4n) is 7.54. The lowest BCUT2D eigenvalue weighted by molar-refractivity contribution is 0.0544. The first-order valence-electron chi connectivity index (χ1n) is 21.3. The summed E-state index contributed by atoms with van der Waals surface area (Å²) in [5.41, 5.74) is 8.07. The van der Waals surface area contributed by atoms with Crippen LogP contribution in [0.3, 0.4) is 0 Å². The number of carbonyl (C=O) groups is 2. The first kappa shape index (κ1) is 42.5. The average Bonchev–Trinajstić information content (AvgIpc) is 3.42. The topological polar surface area (TPSA) is 128 Å². The van der Waals surface area contributed by atoms with Gasteiger partial charge in [-0.25, -0.2) is 0 Å². The molecule has 0 amide bonds. The van der Waals surface area contributed by atoms with Gasteiger partial charge in [-0.1, -0.05) is 103 Å². The number of ketones is 2. The van der Waals surface area contributed by atoms with E-state index in [-0.39, 0.29) is 51.5 Å². The van der Waals surface area contributed by atoms with Gasteiger partial charge >= 0.3 is 0 Å². The minimum absolute atomic E-state index is 0.00407. The molecule has 3 aromatic rings. The molecule has 0 spiro atoms. The number of nitrogens with two attached hydrogens (primary N) is 1. The summed E-state index contributed by atoms with van der Waals surface area (Å²) in [6, 6.07) is 13.7. The molecule has 2 bridgehead atoms. The molecule has 0 aromatic heterocycles. The number of benzene rings is 3. The summed E-state index contributed by atoms with van der Waals surface area (Å²) in [7, 11) is 0. The van der Waals surface area contributed by atoms with Gasteiger partial charge in [0.15, 0.2) is 23.1 Å². The number of nitrogen functional groups attached to an aromatic ring is 1. The normalized spacial score (nSPS) is 18.0. The maximum Gasteiger partial charge on any atom is 0.196 e. The number of anilines is 2. The van der Waals surface area contributed by atoms with Gasteiger partial charge in [0.05, 0.1) is 41.8 Å². The molecule has 0 saturated heterocycles. The smallest absolute Gasteiger partial charge is 0.196 e. The highest BCUT2D eigenvalue weighted by atomic mass is 16.5. The fraction of sp³-hybridized carbons (Fsp3) is 0.458. The Balaban J connectivity index is 1.25. The largest absolute Gasteiger partial charge is 0.491 e. The molecule has 1 heterocycles. The number of hydrogen-bond acceptors (Lipinski definition) is 10. The minimum Gasteiger partial charge on any atom is -0.491 e. The number of fused-ring (bicyclic) bond motifs is 5. The maximum absolute atomic E-state index is 14.3. The first-order chi connectivity index (χ1) is 28.3. The summed E-state index contributed by atoms with van der Waals surface area (Å²) in [6.07, 6.45) is 17.5. The van der Waals surface area contributed by atoms with Gasteiger partial charge in [-0.15, -0.1) is 0 Å². The maximum atomic E-state index is 14.3. The third kappa shape index (κ3) is 10.5. The zero-order valence-corrected chi connectivity index (χ0v) is 34.6. The standard InChI is InChI=1S/C48H60N2O8/c1-5-9-15-32(7-3)30-53-23-25-55-35-19-14-20-37(28-35)57-47-43(49)41-42(46(52)40-22-12-11-21-39(40)45(41)51)44-48(47)58-38-27-34(50-44)17-13-18-36(29-38)56-26-24-54-31-33(8-4)16-10-6-2/h11-14,18-22,27-29,32-34,50H,5-10,15-17,23-26,30-31,49H2,1-4H3/b18-13-,36-29+. The second kappa shape index (κ2) is 21.1. The van der Waals surface area contributed by atoms with E-state index < -0.39 is 0 Å². The molecule has 6 rings (SSSR count). The number of hydrogen-bond donors (Lipinski definition) is 2. The van der Waals surface area contributed by atoms with E-state index in [0.29, 0.717) is 85.6 Å². The van der Waals surface area contributed by atoms with Crippen molar-refractivity contribution in [3.05, 3.63) is 107 Å². The van der Waals surface area contributed by atoms with E-state index in [0.717, 1.165) is 19.4 Å². The van der Waals surface area contributed by atoms with Crippen LogP contribution in [0, 0.1) is 11.8 Å². The zero-order valence-electron chi connectivity index (χ0n) is 34.6. The second-order valence-electron chi connectivity index (χ2n) is 15.3. The van der Waals surface area contributed by atoms with Gasteiger partial charge in [0.1, 0.15) is 36.2 Å². The van der Waals surface area contributed by atoms with Crippen LogP contribution in [0.5, 0.6) is 23.0 Å². The third-order valence-electron chi connectivity index (χ3n) is 11.0. The second-order valence-corrected chi connectivity index (χ2v) is 15.3. The predicted molar refractivity (Wildman–Crippen MR) is 228 cm³/mol. The summed E-state index contributed by atoms with van der Waals surface area (Å²) >= 11 is 0. The Kier molecular flexibility index (Phi) is 15.5. The number of allylic oxidation sites excluding steroid dienone is 2. The third-order valence-corrected chi connectivity index (χ3v) is 11.0. The van der Waals surface area contributed by atoms with Crippen molar-refractivity contribution in [1.82, 2.24) is 0 Å². The molecule has 310 valence electrons. The van der Waals surface area contributed by atoms with Crippen molar-refractivity contribution in [2.45, 2.75) is 91.5 Å². The molecule has 3 unspecified atom stereocenters. The molecule has 3 aromatic carbocycles. The Morgan fingerprint density at radius 1 is 0.793 bits per heavy atom. The zero-order chi connectivity index (χ0) is 40.9. The highest BCUT2D eigenvalue weighted by Crippen LogP contribution is 2.52. The molecule has 1 aliphatic heterocycles. The number of unbranched alkanes of at least 4 members (excludes halogenated alkanes) is 2. The average molecular weight is 793 g/mol. The Morgan fingerprint density at radius 3 is 2.09 bits per heavy atom. The lowest BCUT2D eigenvalue weighted by atomic mass is 9.81. The summed E-state index contributed by atoms with van der Waals surface area (Å²) in [5.74, 6) is 2.78. The van der Waals surface area contributed by atoms with E-state index in [1.807, 2.05) is 30.4 Å². The van der Waals surface area contributed by atoms with E-state index in [1.54, 1.807) is 42.5 Å². The Morgan fingerprint density at radius 2 is 1.43 bits per heavy atom. The predicted octanol–water partition coefficient (Wildman–Crippen LogP) is 10.6. The number of rotatable bonds is 22. The van der Waals surface area contributed by atoms with Crippen molar-refractivity contribution in [3.8, 4) is 23.0 Å². The van der Waals surface area contributed by atoms with Gasteiger partial charge in [0, 0.05) is 36.5 Å². The van der Waals surface area contributed by atoms with Gasteiger partial charge in [-0.2, -0.15) is 0 Å². The van der Waals surface area contributed by atoms with Crippen LogP contribution in [-0.2, 0) is 14.2 Å². The van der Waals surface area contributed by atoms with E-state index in [2.05, 4.69) is 33.0 Å². The van der Waals surface area contributed by atoms with Gasteiger partial charge < -0.3 is 39.5 Å². The van der Waals surface area contributed by atoms with Crippen LogP contribution in [0.2, 0.25) is 0 Å². The molecule has 0 fully saturated rings. The van der Waals surface area contributed by atoms with E-state index in [1.165, 1.54) is 38.5 Å². The Hall–Kier alpha value is -5.06. The molecular weight excluding hydrogens is 733 g/mol. The van der Waals surface area contributed by atoms with Crippen molar-refractivity contribution in [3.63, 3.8) is 0 Å². The fourth-order valence-corrected chi connectivity index (χ4v) is 7.54. The monoisotopic (exact) mass is 792 g/mol. The minimum atomic E-state index is -0.360. The highest BCUT2D eigenvalue weighted by molar-refractivity contribution is 6.32. The molecule has 10 heteroatoms. The molecule has 3 atom stereocenters. The van der Waals surface area contributed by atoms with E-state index in [4.69, 9.17) is 34.2 Å². The summed E-state index contributed by atoms with van der Waals surface area (Å²) in [5, 5.41) is 3.51. The van der Waals surface area contributed by atoms with Gasteiger partial charge in [0.2, 0.25) is 0 Å². The van der Waals surface area contributed by atoms with Crippen LogP contribution in [-0.4, -0.2) is 57.2 Å². The molecule has 0 radical (unpaired) electrons. The summed E-state index contributed by atoms with van der Waals surface area (Å²) < 4.78 is 37.4. The SMILES string of the molecule is CCCCC(CC)COCCOC1=C/C2=CC(C/C=C\1)Nc1c(c(Oc3cccc(OCCOCC(CC)CCCC)c3)c(N)c3c1C(=O)c1ccccc1C3=O)O2. The Labute approximate surface area is 343 Å². The van der Waals surface area contributed by atoms with E-state index in [9.17, 15) is 9.59 Å². The number of carbonyl (C=O) groups excluding carboxylic acids is 2. The van der Waals surface area contributed by atoms with Crippen LogP contribution in [0.4, 0.5) is 11.4 Å². The first-order valence-corrected chi connectivity index (χ1v) is 21.3. The molecular formula is C48H60N2O8. The van der Waals surface area contributed by atoms with Crippen molar-refractivity contribution < 1.29 is 38.0 Å².